The van der Waals surface area contributed by atoms with Gasteiger partial charge in [-0.05, 0) is 13.8 Å². The molecule has 1 amide bonds. The van der Waals surface area contributed by atoms with Gasteiger partial charge in [-0.3, -0.25) is 9.59 Å². The van der Waals surface area contributed by atoms with Gasteiger partial charge >= 0.3 is 5.97 Å². The van der Waals surface area contributed by atoms with Crippen molar-refractivity contribution < 1.29 is 23.1 Å². The van der Waals surface area contributed by atoms with E-state index in [0.717, 1.165) is 6.26 Å². The second-order valence-electron chi connectivity index (χ2n) is 4.07. The molecule has 15 heavy (non-hydrogen) atoms. The smallest absolute Gasteiger partial charge is 0.305 e. The Hall–Kier alpha value is -1.11. The van der Waals surface area contributed by atoms with E-state index in [1.807, 2.05) is 0 Å². The third-order valence-corrected chi connectivity index (χ3v) is 2.25. The number of nitrogens with one attached hydrogen (secondary N) is 1. The lowest BCUT2D eigenvalue weighted by atomic mass is 10.0. The van der Waals surface area contributed by atoms with Gasteiger partial charge in [-0.25, -0.2) is 8.42 Å². The Balaban J connectivity index is 4.34. The van der Waals surface area contributed by atoms with Gasteiger partial charge in [0.25, 0.3) is 0 Å². The zero-order valence-electron chi connectivity index (χ0n) is 8.90. The standard InChI is InChI=1S/C8H15NO5S/c1-8(2,4-7(11)12)9-6(10)5-15(3,13)14/h4-5H2,1-3H3,(H,9,10)(H,11,12). The Morgan fingerprint density at radius 3 is 2.13 bits per heavy atom. The highest BCUT2D eigenvalue weighted by Gasteiger charge is 2.25. The lowest BCUT2D eigenvalue weighted by molar-refractivity contribution is -0.138. The van der Waals surface area contributed by atoms with Crippen molar-refractivity contribution in [2.45, 2.75) is 25.8 Å². The highest BCUT2D eigenvalue weighted by Crippen LogP contribution is 2.07. The van der Waals surface area contributed by atoms with Crippen LogP contribution in [0.25, 0.3) is 0 Å². The number of carboxylic acid groups (broad SMARTS) is 1. The van der Waals surface area contributed by atoms with Gasteiger partial charge in [0.05, 0.1) is 6.42 Å². The van der Waals surface area contributed by atoms with Crippen LogP contribution in [-0.4, -0.2) is 42.9 Å². The van der Waals surface area contributed by atoms with Gasteiger partial charge in [-0.2, -0.15) is 0 Å². The molecule has 0 bridgehead atoms. The molecule has 0 fully saturated rings. The second kappa shape index (κ2) is 4.61. The molecule has 2 N–H and O–H groups in total. The maximum atomic E-state index is 11.2. The van der Waals surface area contributed by atoms with Crippen molar-refractivity contribution in [2.24, 2.45) is 0 Å². The van der Waals surface area contributed by atoms with Crippen LogP contribution >= 0.6 is 0 Å². The monoisotopic (exact) mass is 237 g/mol. The molecule has 88 valence electrons. The van der Waals surface area contributed by atoms with Crippen molar-refractivity contribution in [3.05, 3.63) is 0 Å². The molecule has 0 saturated heterocycles. The van der Waals surface area contributed by atoms with E-state index < -0.39 is 33.0 Å². The van der Waals surface area contributed by atoms with Crippen LogP contribution in [0.4, 0.5) is 0 Å². The van der Waals surface area contributed by atoms with E-state index in [0.29, 0.717) is 0 Å². The number of carbonyl (C=O) groups excluding carboxylic acids is 1. The topological polar surface area (TPSA) is 101 Å². The maximum Gasteiger partial charge on any atom is 0.305 e. The largest absolute Gasteiger partial charge is 0.481 e. The molecule has 0 aromatic carbocycles. The summed E-state index contributed by atoms with van der Waals surface area (Å²) >= 11 is 0. The number of carboxylic acids is 1. The predicted molar refractivity (Wildman–Crippen MR) is 54.2 cm³/mol. The average molecular weight is 237 g/mol. The lowest BCUT2D eigenvalue weighted by Crippen LogP contribution is -2.46. The third kappa shape index (κ3) is 7.92. The summed E-state index contributed by atoms with van der Waals surface area (Å²) < 4.78 is 21.5. The number of sulfone groups is 1. The number of rotatable bonds is 5. The molecule has 0 saturated carbocycles. The molecule has 0 spiro atoms. The summed E-state index contributed by atoms with van der Waals surface area (Å²) in [6, 6.07) is 0. The summed E-state index contributed by atoms with van der Waals surface area (Å²) in [5, 5.41) is 10.9. The Morgan fingerprint density at radius 1 is 1.33 bits per heavy atom. The van der Waals surface area contributed by atoms with Crippen molar-refractivity contribution >= 4 is 21.7 Å². The Kier molecular flexibility index (Phi) is 4.27. The fraction of sp³-hybridized carbons (Fsp3) is 0.750. The van der Waals surface area contributed by atoms with E-state index in [1.165, 1.54) is 13.8 Å². The minimum Gasteiger partial charge on any atom is -0.481 e. The van der Waals surface area contributed by atoms with Gasteiger partial charge in [0.15, 0.2) is 9.84 Å². The van der Waals surface area contributed by atoms with Gasteiger partial charge in [0.2, 0.25) is 5.91 Å². The molecule has 0 aliphatic carbocycles. The van der Waals surface area contributed by atoms with Crippen LogP contribution in [0, 0.1) is 0 Å². The van der Waals surface area contributed by atoms with Gasteiger partial charge < -0.3 is 10.4 Å². The SMILES string of the molecule is CC(C)(CC(=O)O)NC(=O)CS(C)(=O)=O. The molecular formula is C8H15NO5S. The summed E-state index contributed by atoms with van der Waals surface area (Å²) in [5.41, 5.74) is -0.951. The molecule has 6 nitrogen and oxygen atoms in total. The van der Waals surface area contributed by atoms with Crippen LogP contribution in [0.1, 0.15) is 20.3 Å². The van der Waals surface area contributed by atoms with E-state index in [1.54, 1.807) is 0 Å². The molecule has 0 aromatic rings. The summed E-state index contributed by atoms with van der Waals surface area (Å²) in [4.78, 5) is 21.6. The van der Waals surface area contributed by atoms with E-state index in [-0.39, 0.29) is 6.42 Å². The summed E-state index contributed by atoms with van der Waals surface area (Å²) in [6.45, 7) is 3.03. The molecule has 0 heterocycles. The molecule has 0 aromatic heterocycles. The first-order valence-electron chi connectivity index (χ1n) is 4.22. The first-order chi connectivity index (χ1) is 6.52. The van der Waals surface area contributed by atoms with E-state index in [9.17, 15) is 18.0 Å². The Morgan fingerprint density at radius 2 is 1.80 bits per heavy atom. The molecule has 0 unspecified atom stereocenters. The van der Waals surface area contributed by atoms with Gasteiger partial charge in [-0.1, -0.05) is 0 Å². The number of hydrogen-bond donors (Lipinski definition) is 2. The molecule has 0 aliphatic rings. The normalized spacial score (nSPS) is 12.2. The molecule has 7 heteroatoms. The lowest BCUT2D eigenvalue weighted by Gasteiger charge is -2.23. The van der Waals surface area contributed by atoms with Crippen molar-refractivity contribution in [1.29, 1.82) is 0 Å². The van der Waals surface area contributed by atoms with Crippen LogP contribution in [0.3, 0.4) is 0 Å². The van der Waals surface area contributed by atoms with Crippen molar-refractivity contribution in [2.75, 3.05) is 12.0 Å². The van der Waals surface area contributed by atoms with Crippen molar-refractivity contribution in [3.8, 4) is 0 Å². The Labute approximate surface area is 88.6 Å². The first-order valence-corrected chi connectivity index (χ1v) is 6.28. The summed E-state index contributed by atoms with van der Waals surface area (Å²) in [5.74, 6) is -2.38. The van der Waals surface area contributed by atoms with Crippen LogP contribution in [-0.2, 0) is 19.4 Å². The zero-order chi connectivity index (χ0) is 12.3. The number of carbonyl (C=O) groups is 2. The van der Waals surface area contributed by atoms with E-state index >= 15 is 0 Å². The minimum atomic E-state index is -3.38. The zero-order valence-corrected chi connectivity index (χ0v) is 9.72. The number of amides is 1. The van der Waals surface area contributed by atoms with Gasteiger partial charge in [-0.15, -0.1) is 0 Å². The molecular weight excluding hydrogens is 222 g/mol. The molecule has 0 rings (SSSR count). The molecule has 0 atom stereocenters. The van der Waals surface area contributed by atoms with Crippen molar-refractivity contribution in [3.63, 3.8) is 0 Å². The van der Waals surface area contributed by atoms with E-state index in [4.69, 9.17) is 5.11 Å². The minimum absolute atomic E-state index is 0.261. The third-order valence-electron chi connectivity index (χ3n) is 1.46. The molecule has 0 radical (unpaired) electrons. The second-order valence-corrected chi connectivity index (χ2v) is 6.21. The fourth-order valence-corrected chi connectivity index (χ4v) is 1.62. The van der Waals surface area contributed by atoms with E-state index in [2.05, 4.69) is 5.32 Å². The quantitative estimate of drug-likeness (QED) is 0.665. The van der Waals surface area contributed by atoms with Crippen molar-refractivity contribution in [1.82, 2.24) is 5.32 Å². The molecule has 0 aliphatic heterocycles. The fourth-order valence-electron chi connectivity index (χ4n) is 1.07. The van der Waals surface area contributed by atoms with Gasteiger partial charge in [0, 0.05) is 11.8 Å². The van der Waals surface area contributed by atoms with Crippen LogP contribution in [0.5, 0.6) is 0 Å². The predicted octanol–water partition coefficient (Wildman–Crippen LogP) is -0.599. The summed E-state index contributed by atoms with van der Waals surface area (Å²) in [7, 11) is -3.38. The number of hydrogen-bond acceptors (Lipinski definition) is 4. The highest BCUT2D eigenvalue weighted by atomic mass is 32.2. The van der Waals surface area contributed by atoms with Crippen LogP contribution in [0.2, 0.25) is 0 Å². The van der Waals surface area contributed by atoms with Gasteiger partial charge in [0.1, 0.15) is 5.75 Å². The Bertz CT molecular complexity index is 357. The van der Waals surface area contributed by atoms with Crippen LogP contribution in [0.15, 0.2) is 0 Å². The van der Waals surface area contributed by atoms with Crippen LogP contribution < -0.4 is 5.32 Å². The average Bonchev–Trinajstić information content (AvgIpc) is 1.73. The number of aliphatic carboxylic acids is 1. The first kappa shape index (κ1) is 13.9. The highest BCUT2D eigenvalue weighted by molar-refractivity contribution is 7.91. The summed E-state index contributed by atoms with van der Waals surface area (Å²) in [6.07, 6.45) is 0.680. The maximum absolute atomic E-state index is 11.2.